The molecule has 0 fully saturated rings. The number of amides is 1. The van der Waals surface area contributed by atoms with Crippen LogP contribution in [0.15, 0.2) is 17.0 Å². The van der Waals surface area contributed by atoms with Crippen LogP contribution in [0.2, 0.25) is 5.02 Å². The molecule has 0 saturated heterocycles. The summed E-state index contributed by atoms with van der Waals surface area (Å²) < 4.78 is 0. The van der Waals surface area contributed by atoms with Gasteiger partial charge in [-0.25, -0.2) is 0 Å². The molecular weight excluding hydrogens is 220 g/mol. The first kappa shape index (κ1) is 9.83. The van der Waals surface area contributed by atoms with Crippen molar-refractivity contribution in [1.29, 1.82) is 0 Å². The van der Waals surface area contributed by atoms with E-state index in [2.05, 4.69) is 5.32 Å². The van der Waals surface area contributed by atoms with E-state index in [0.717, 1.165) is 16.1 Å². The first-order valence-electron chi connectivity index (χ1n) is 4.07. The van der Waals surface area contributed by atoms with Crippen LogP contribution in [-0.4, -0.2) is 12.2 Å². The Morgan fingerprint density at radius 1 is 1.57 bits per heavy atom. The van der Waals surface area contributed by atoms with E-state index in [9.17, 15) is 4.79 Å². The number of halogens is 1. The van der Waals surface area contributed by atoms with E-state index in [0.29, 0.717) is 5.02 Å². The minimum Gasteiger partial charge on any atom is -0.324 e. The SMILES string of the molecule is CSc1cc2c(cc1Cl)C(N)C(=O)N2. The first-order valence-corrected chi connectivity index (χ1v) is 5.67. The summed E-state index contributed by atoms with van der Waals surface area (Å²) in [6.07, 6.45) is 1.93. The van der Waals surface area contributed by atoms with Gasteiger partial charge in [0.1, 0.15) is 6.04 Å². The van der Waals surface area contributed by atoms with Gasteiger partial charge in [0, 0.05) is 16.1 Å². The molecule has 1 unspecified atom stereocenters. The van der Waals surface area contributed by atoms with Crippen LogP contribution < -0.4 is 11.1 Å². The van der Waals surface area contributed by atoms with Gasteiger partial charge in [0.2, 0.25) is 5.91 Å². The molecule has 3 N–H and O–H groups in total. The molecule has 0 aliphatic carbocycles. The summed E-state index contributed by atoms with van der Waals surface area (Å²) in [6.45, 7) is 0. The molecule has 1 aromatic carbocycles. The molecular formula is C9H9ClN2OS. The molecule has 1 heterocycles. The Morgan fingerprint density at radius 3 is 2.93 bits per heavy atom. The normalized spacial score (nSPS) is 19.4. The zero-order valence-corrected chi connectivity index (χ0v) is 9.08. The van der Waals surface area contributed by atoms with Crippen molar-refractivity contribution in [1.82, 2.24) is 0 Å². The van der Waals surface area contributed by atoms with Crippen LogP contribution in [0.25, 0.3) is 0 Å². The van der Waals surface area contributed by atoms with Crippen LogP contribution in [-0.2, 0) is 4.79 Å². The van der Waals surface area contributed by atoms with Crippen molar-refractivity contribution in [3.05, 3.63) is 22.7 Å². The Bertz CT molecular complexity index is 408. The maximum atomic E-state index is 11.3. The van der Waals surface area contributed by atoms with E-state index in [1.807, 2.05) is 12.3 Å². The predicted molar refractivity (Wildman–Crippen MR) is 58.8 cm³/mol. The second-order valence-electron chi connectivity index (χ2n) is 3.04. The molecule has 1 aliphatic rings. The largest absolute Gasteiger partial charge is 0.324 e. The lowest BCUT2D eigenvalue weighted by Gasteiger charge is -2.05. The summed E-state index contributed by atoms with van der Waals surface area (Å²) in [7, 11) is 0. The fraction of sp³-hybridized carbons (Fsp3) is 0.222. The second kappa shape index (κ2) is 3.46. The van der Waals surface area contributed by atoms with Gasteiger partial charge in [0.05, 0.1) is 5.02 Å². The highest BCUT2D eigenvalue weighted by Gasteiger charge is 2.27. The van der Waals surface area contributed by atoms with Crippen LogP contribution >= 0.6 is 23.4 Å². The van der Waals surface area contributed by atoms with Gasteiger partial charge in [-0.1, -0.05) is 11.6 Å². The third-order valence-electron chi connectivity index (χ3n) is 2.20. The first-order chi connectivity index (χ1) is 6.63. The van der Waals surface area contributed by atoms with Crippen molar-refractivity contribution in [3.63, 3.8) is 0 Å². The number of hydrogen-bond donors (Lipinski definition) is 2. The van der Waals surface area contributed by atoms with Gasteiger partial charge in [-0.3, -0.25) is 4.79 Å². The zero-order valence-electron chi connectivity index (χ0n) is 7.50. The quantitative estimate of drug-likeness (QED) is 0.723. The Hall–Kier alpha value is -0.710. The van der Waals surface area contributed by atoms with Crippen molar-refractivity contribution < 1.29 is 4.79 Å². The highest BCUT2D eigenvalue weighted by Crippen LogP contribution is 2.37. The lowest BCUT2D eigenvalue weighted by molar-refractivity contribution is -0.116. The van der Waals surface area contributed by atoms with Crippen molar-refractivity contribution in [2.24, 2.45) is 5.73 Å². The van der Waals surface area contributed by atoms with Gasteiger partial charge in [-0.15, -0.1) is 11.8 Å². The maximum Gasteiger partial charge on any atom is 0.245 e. The zero-order chi connectivity index (χ0) is 10.3. The molecule has 14 heavy (non-hydrogen) atoms. The summed E-state index contributed by atoms with van der Waals surface area (Å²) in [5.41, 5.74) is 7.22. The lowest BCUT2D eigenvalue weighted by Crippen LogP contribution is -2.19. The Balaban J connectivity index is 2.54. The van der Waals surface area contributed by atoms with Gasteiger partial charge in [-0.2, -0.15) is 0 Å². The van der Waals surface area contributed by atoms with Gasteiger partial charge in [0.15, 0.2) is 0 Å². The van der Waals surface area contributed by atoms with Crippen LogP contribution in [0.3, 0.4) is 0 Å². The molecule has 0 bridgehead atoms. The van der Waals surface area contributed by atoms with Crippen molar-refractivity contribution >= 4 is 35.0 Å². The highest BCUT2D eigenvalue weighted by atomic mass is 35.5. The molecule has 5 heteroatoms. The summed E-state index contributed by atoms with van der Waals surface area (Å²) in [6, 6.07) is 3.02. The molecule has 0 aromatic heterocycles. The maximum absolute atomic E-state index is 11.3. The number of nitrogens with one attached hydrogen (secondary N) is 1. The lowest BCUT2D eigenvalue weighted by atomic mass is 10.1. The molecule has 0 saturated carbocycles. The molecule has 0 spiro atoms. The van der Waals surface area contributed by atoms with Crippen molar-refractivity contribution in [2.45, 2.75) is 10.9 Å². The van der Waals surface area contributed by atoms with Gasteiger partial charge in [-0.05, 0) is 18.4 Å². The summed E-state index contributed by atoms with van der Waals surface area (Å²) in [5.74, 6) is -0.172. The number of rotatable bonds is 1. The van der Waals surface area contributed by atoms with Crippen LogP contribution in [0.1, 0.15) is 11.6 Å². The number of benzene rings is 1. The van der Waals surface area contributed by atoms with E-state index in [1.54, 1.807) is 6.07 Å². The third kappa shape index (κ3) is 1.39. The Morgan fingerprint density at radius 2 is 2.29 bits per heavy atom. The molecule has 0 radical (unpaired) electrons. The summed E-state index contributed by atoms with van der Waals surface area (Å²) in [5, 5.41) is 3.36. The standard InChI is InChI=1S/C9H9ClN2OS/c1-14-7-3-6-4(2-5(7)10)8(11)9(13)12-6/h2-3,8H,11H2,1H3,(H,12,13). The van der Waals surface area contributed by atoms with Gasteiger partial charge < -0.3 is 11.1 Å². The van der Waals surface area contributed by atoms with E-state index in [1.165, 1.54) is 11.8 Å². The summed E-state index contributed by atoms with van der Waals surface area (Å²) in [4.78, 5) is 12.2. The minimum atomic E-state index is -0.585. The van der Waals surface area contributed by atoms with Crippen LogP contribution in [0.4, 0.5) is 5.69 Å². The van der Waals surface area contributed by atoms with Gasteiger partial charge >= 0.3 is 0 Å². The monoisotopic (exact) mass is 228 g/mol. The second-order valence-corrected chi connectivity index (χ2v) is 4.30. The smallest absolute Gasteiger partial charge is 0.245 e. The number of hydrogen-bond acceptors (Lipinski definition) is 3. The molecule has 2 rings (SSSR count). The van der Waals surface area contributed by atoms with Crippen LogP contribution in [0, 0.1) is 0 Å². The van der Waals surface area contributed by atoms with Crippen LogP contribution in [0.5, 0.6) is 0 Å². The average Bonchev–Trinajstić information content (AvgIpc) is 2.43. The van der Waals surface area contributed by atoms with Gasteiger partial charge in [0.25, 0.3) is 0 Å². The van der Waals surface area contributed by atoms with E-state index < -0.39 is 6.04 Å². The van der Waals surface area contributed by atoms with E-state index >= 15 is 0 Å². The van der Waals surface area contributed by atoms with Crippen molar-refractivity contribution in [2.75, 3.05) is 11.6 Å². The fourth-order valence-corrected chi connectivity index (χ4v) is 2.34. The molecule has 1 amide bonds. The molecule has 74 valence electrons. The third-order valence-corrected chi connectivity index (χ3v) is 3.40. The average molecular weight is 229 g/mol. The number of fused-ring (bicyclic) bond motifs is 1. The molecule has 1 aromatic rings. The van der Waals surface area contributed by atoms with Crippen molar-refractivity contribution in [3.8, 4) is 0 Å². The predicted octanol–water partition coefficient (Wildman–Crippen LogP) is 2.01. The molecule has 3 nitrogen and oxygen atoms in total. The number of carbonyl (C=O) groups is 1. The number of anilines is 1. The van der Waals surface area contributed by atoms with E-state index in [-0.39, 0.29) is 5.91 Å². The topological polar surface area (TPSA) is 55.1 Å². The Labute approximate surface area is 91.0 Å². The number of nitrogens with two attached hydrogens (primary N) is 1. The minimum absolute atomic E-state index is 0.172. The number of carbonyl (C=O) groups excluding carboxylic acids is 1. The fourth-order valence-electron chi connectivity index (χ4n) is 1.44. The Kier molecular flexibility index (Phi) is 2.43. The van der Waals surface area contributed by atoms with E-state index in [4.69, 9.17) is 17.3 Å². The molecule has 1 atom stereocenters. The molecule has 1 aliphatic heterocycles. The number of thioether (sulfide) groups is 1. The highest BCUT2D eigenvalue weighted by molar-refractivity contribution is 7.98. The summed E-state index contributed by atoms with van der Waals surface area (Å²) >= 11 is 7.55.